The number of ether oxygens (including phenoxy) is 2. The summed E-state index contributed by atoms with van der Waals surface area (Å²) in [7, 11) is 2.13. The Morgan fingerprint density at radius 2 is 2.11 bits per heavy atom. The fourth-order valence-electron chi connectivity index (χ4n) is 3.00. The van der Waals surface area contributed by atoms with Crippen LogP contribution in [-0.2, 0) is 9.47 Å². The van der Waals surface area contributed by atoms with E-state index in [4.69, 9.17) is 9.47 Å². The summed E-state index contributed by atoms with van der Waals surface area (Å²) in [6.45, 7) is 8.98. The Labute approximate surface area is 164 Å². The molecule has 0 bridgehead atoms. The van der Waals surface area contributed by atoms with E-state index in [1.165, 1.54) is 5.69 Å². The summed E-state index contributed by atoms with van der Waals surface area (Å²) in [4.78, 5) is 6.94. The van der Waals surface area contributed by atoms with Crippen LogP contribution in [0.1, 0.15) is 26.2 Å². The number of anilines is 1. The maximum atomic E-state index is 5.74. The van der Waals surface area contributed by atoms with Gasteiger partial charge in [0.15, 0.2) is 5.96 Å². The van der Waals surface area contributed by atoms with Crippen LogP contribution in [0.5, 0.6) is 0 Å². The Kier molecular flexibility index (Phi) is 10.7. The van der Waals surface area contributed by atoms with Gasteiger partial charge in [0.2, 0.25) is 0 Å². The molecule has 0 spiro atoms. The van der Waals surface area contributed by atoms with Crippen molar-refractivity contribution in [3.05, 3.63) is 30.3 Å². The van der Waals surface area contributed by atoms with Gasteiger partial charge in [-0.05, 0) is 38.3 Å². The third-order valence-electron chi connectivity index (χ3n) is 4.60. The lowest BCUT2D eigenvalue weighted by Gasteiger charge is -2.18. The average Bonchev–Trinajstić information content (AvgIpc) is 3.21. The Balaban J connectivity index is 1.56. The Hall–Kier alpha value is -1.79. The van der Waals surface area contributed by atoms with Crippen molar-refractivity contribution in [3.8, 4) is 0 Å². The van der Waals surface area contributed by atoms with Crippen LogP contribution in [0.3, 0.4) is 0 Å². The molecule has 1 aliphatic heterocycles. The highest BCUT2D eigenvalue weighted by atomic mass is 16.5. The van der Waals surface area contributed by atoms with Gasteiger partial charge in [-0.3, -0.25) is 4.99 Å². The highest BCUT2D eigenvalue weighted by Crippen LogP contribution is 2.12. The van der Waals surface area contributed by atoms with Crippen LogP contribution in [0, 0.1) is 5.92 Å². The second-order valence-corrected chi connectivity index (χ2v) is 6.96. The van der Waals surface area contributed by atoms with Gasteiger partial charge in [0.25, 0.3) is 0 Å². The Morgan fingerprint density at radius 3 is 2.85 bits per heavy atom. The summed E-state index contributed by atoms with van der Waals surface area (Å²) >= 11 is 0. The first kappa shape index (κ1) is 21.5. The summed E-state index contributed by atoms with van der Waals surface area (Å²) < 4.78 is 11.1. The molecule has 1 atom stereocenters. The number of nitrogens with zero attached hydrogens (tertiary/aromatic N) is 2. The molecule has 27 heavy (non-hydrogen) atoms. The van der Waals surface area contributed by atoms with Crippen LogP contribution < -0.4 is 15.5 Å². The number of hydrogen-bond donors (Lipinski definition) is 2. The molecule has 0 aliphatic carbocycles. The van der Waals surface area contributed by atoms with Crippen molar-refractivity contribution in [2.24, 2.45) is 10.9 Å². The third kappa shape index (κ3) is 9.11. The molecule has 1 aliphatic rings. The lowest BCUT2D eigenvalue weighted by Crippen LogP contribution is -2.38. The first-order valence-electron chi connectivity index (χ1n) is 10.2. The molecule has 2 N–H and O–H groups in total. The lowest BCUT2D eigenvalue weighted by atomic mass is 10.1. The number of benzene rings is 1. The molecule has 6 nitrogen and oxygen atoms in total. The summed E-state index contributed by atoms with van der Waals surface area (Å²) in [5.41, 5.74) is 1.25. The van der Waals surface area contributed by atoms with Crippen LogP contribution in [0.25, 0.3) is 0 Å². The number of hydrogen-bond acceptors (Lipinski definition) is 4. The lowest BCUT2D eigenvalue weighted by molar-refractivity contribution is 0.0888. The smallest absolute Gasteiger partial charge is 0.191 e. The molecule has 1 aromatic rings. The predicted molar refractivity (Wildman–Crippen MR) is 113 cm³/mol. The van der Waals surface area contributed by atoms with E-state index < -0.39 is 0 Å². The quantitative estimate of drug-likeness (QED) is 0.333. The van der Waals surface area contributed by atoms with E-state index in [0.717, 1.165) is 77.8 Å². The van der Waals surface area contributed by atoms with Crippen molar-refractivity contribution >= 4 is 11.6 Å². The second kappa shape index (κ2) is 13.4. The maximum absolute atomic E-state index is 5.74. The van der Waals surface area contributed by atoms with Crippen LogP contribution in [0.4, 0.5) is 5.69 Å². The Bertz CT molecular complexity index is 518. The molecule has 0 radical (unpaired) electrons. The van der Waals surface area contributed by atoms with Gasteiger partial charge in [0.1, 0.15) is 0 Å². The van der Waals surface area contributed by atoms with E-state index in [-0.39, 0.29) is 0 Å². The summed E-state index contributed by atoms with van der Waals surface area (Å²) in [6.07, 6.45) is 3.14. The molecule has 1 saturated heterocycles. The summed E-state index contributed by atoms with van der Waals surface area (Å²) in [5, 5.41) is 6.70. The summed E-state index contributed by atoms with van der Waals surface area (Å²) in [5.74, 6) is 1.48. The van der Waals surface area contributed by atoms with Gasteiger partial charge in [-0.2, -0.15) is 0 Å². The van der Waals surface area contributed by atoms with Crippen molar-refractivity contribution in [3.63, 3.8) is 0 Å². The van der Waals surface area contributed by atoms with Crippen LogP contribution in [0.2, 0.25) is 0 Å². The topological polar surface area (TPSA) is 58.1 Å². The van der Waals surface area contributed by atoms with Gasteiger partial charge in [0.05, 0.1) is 13.2 Å². The minimum atomic E-state index is 0.589. The number of aliphatic imine (C=N–C) groups is 1. The van der Waals surface area contributed by atoms with Gasteiger partial charge in [-0.25, -0.2) is 0 Å². The zero-order valence-electron chi connectivity index (χ0n) is 17.0. The molecule has 1 fully saturated rings. The van der Waals surface area contributed by atoms with E-state index in [9.17, 15) is 0 Å². The SMILES string of the molecule is CCNC(=NCCCN(C)c1ccccc1)NCCCOCC1CCOC1. The third-order valence-corrected chi connectivity index (χ3v) is 4.60. The van der Waals surface area contributed by atoms with Gasteiger partial charge in [-0.15, -0.1) is 0 Å². The van der Waals surface area contributed by atoms with E-state index in [1.807, 2.05) is 6.07 Å². The first-order valence-corrected chi connectivity index (χ1v) is 10.2. The van der Waals surface area contributed by atoms with Gasteiger partial charge in [0, 0.05) is 58.0 Å². The number of para-hydroxylation sites is 1. The van der Waals surface area contributed by atoms with Crippen molar-refractivity contribution in [1.82, 2.24) is 10.6 Å². The molecule has 152 valence electrons. The van der Waals surface area contributed by atoms with Crippen LogP contribution >= 0.6 is 0 Å². The van der Waals surface area contributed by atoms with Crippen LogP contribution in [0.15, 0.2) is 35.3 Å². The average molecular weight is 377 g/mol. The molecule has 0 saturated carbocycles. The molecule has 1 heterocycles. The minimum Gasteiger partial charge on any atom is -0.381 e. The zero-order chi connectivity index (χ0) is 19.2. The van der Waals surface area contributed by atoms with Crippen molar-refractivity contribution < 1.29 is 9.47 Å². The van der Waals surface area contributed by atoms with Crippen molar-refractivity contribution in [1.29, 1.82) is 0 Å². The van der Waals surface area contributed by atoms with Crippen LogP contribution in [-0.4, -0.2) is 65.6 Å². The minimum absolute atomic E-state index is 0.589. The van der Waals surface area contributed by atoms with E-state index in [0.29, 0.717) is 5.92 Å². The van der Waals surface area contributed by atoms with E-state index in [1.54, 1.807) is 0 Å². The largest absolute Gasteiger partial charge is 0.381 e. The fraction of sp³-hybridized carbons (Fsp3) is 0.667. The van der Waals surface area contributed by atoms with Crippen molar-refractivity contribution in [2.45, 2.75) is 26.2 Å². The number of nitrogens with one attached hydrogen (secondary N) is 2. The molecule has 1 unspecified atom stereocenters. The highest BCUT2D eigenvalue weighted by molar-refractivity contribution is 5.79. The molecule has 6 heteroatoms. The normalized spacial score (nSPS) is 17.1. The maximum Gasteiger partial charge on any atom is 0.191 e. The van der Waals surface area contributed by atoms with Crippen molar-refractivity contribution in [2.75, 3.05) is 64.6 Å². The standard InChI is InChI=1S/C21H36N4O2/c1-3-22-21(24-13-8-15-26-17-19-11-16-27-18-19)23-12-7-14-25(2)20-9-5-4-6-10-20/h4-6,9-10,19H,3,7-8,11-18H2,1-2H3,(H2,22,23,24). The van der Waals surface area contributed by atoms with E-state index in [2.05, 4.69) is 58.8 Å². The van der Waals surface area contributed by atoms with Gasteiger partial charge < -0.3 is 25.0 Å². The molecular weight excluding hydrogens is 340 g/mol. The predicted octanol–water partition coefficient (Wildman–Crippen LogP) is 2.51. The number of rotatable bonds is 12. The van der Waals surface area contributed by atoms with Gasteiger partial charge >= 0.3 is 0 Å². The molecule has 2 rings (SSSR count). The van der Waals surface area contributed by atoms with E-state index >= 15 is 0 Å². The molecule has 0 amide bonds. The second-order valence-electron chi connectivity index (χ2n) is 6.96. The highest BCUT2D eigenvalue weighted by Gasteiger charge is 2.15. The molecule has 1 aromatic carbocycles. The number of guanidine groups is 1. The first-order chi connectivity index (χ1) is 13.3. The molecule has 0 aromatic heterocycles. The monoisotopic (exact) mass is 376 g/mol. The summed E-state index contributed by atoms with van der Waals surface area (Å²) in [6, 6.07) is 10.5. The van der Waals surface area contributed by atoms with Gasteiger partial charge in [-0.1, -0.05) is 18.2 Å². The Morgan fingerprint density at radius 1 is 1.26 bits per heavy atom. The zero-order valence-corrected chi connectivity index (χ0v) is 17.0. The fourth-order valence-corrected chi connectivity index (χ4v) is 3.00. The molecular formula is C21H36N4O2.